The van der Waals surface area contributed by atoms with Crippen molar-refractivity contribution in [3.8, 4) is 5.75 Å². The van der Waals surface area contributed by atoms with Gasteiger partial charge in [-0.1, -0.05) is 13.3 Å². The molecule has 0 N–H and O–H groups in total. The van der Waals surface area contributed by atoms with Crippen molar-refractivity contribution in [3.63, 3.8) is 0 Å². The molecule has 0 saturated carbocycles. The SMILES string of the molecule is CCCCN(C)S(=O)(=O)c1cc(S(C)(=O)=O)ccc1OC. The van der Waals surface area contributed by atoms with Gasteiger partial charge in [0.1, 0.15) is 10.6 Å². The van der Waals surface area contributed by atoms with Crippen LogP contribution in [0.15, 0.2) is 28.0 Å². The van der Waals surface area contributed by atoms with Gasteiger partial charge in [0.2, 0.25) is 10.0 Å². The van der Waals surface area contributed by atoms with E-state index in [1.54, 1.807) is 0 Å². The molecular weight excluding hydrogens is 314 g/mol. The number of nitrogens with zero attached hydrogens (tertiary/aromatic N) is 1. The Labute approximate surface area is 126 Å². The molecule has 1 aromatic rings. The van der Waals surface area contributed by atoms with Crippen LogP contribution in [0.3, 0.4) is 0 Å². The quantitative estimate of drug-likeness (QED) is 0.754. The van der Waals surface area contributed by atoms with Gasteiger partial charge in [0, 0.05) is 19.8 Å². The third-order valence-corrected chi connectivity index (χ3v) is 6.07. The van der Waals surface area contributed by atoms with Gasteiger partial charge in [-0.2, -0.15) is 0 Å². The molecule has 0 aliphatic rings. The maximum Gasteiger partial charge on any atom is 0.246 e. The summed E-state index contributed by atoms with van der Waals surface area (Å²) in [5, 5.41) is 0. The standard InChI is InChI=1S/C13H21NO5S2/c1-5-6-9-14(2)21(17,18)13-10-11(20(4,15)16)7-8-12(13)19-3/h7-8,10H,5-6,9H2,1-4H3. The number of hydrogen-bond acceptors (Lipinski definition) is 5. The first-order valence-electron chi connectivity index (χ1n) is 6.49. The lowest BCUT2D eigenvalue weighted by molar-refractivity contribution is 0.396. The first-order valence-corrected chi connectivity index (χ1v) is 9.82. The molecule has 1 aromatic carbocycles. The molecule has 0 atom stereocenters. The Morgan fingerprint density at radius 2 is 1.81 bits per heavy atom. The van der Waals surface area contributed by atoms with E-state index in [4.69, 9.17) is 4.74 Å². The zero-order valence-corrected chi connectivity index (χ0v) is 14.3. The van der Waals surface area contributed by atoms with E-state index < -0.39 is 19.9 Å². The Morgan fingerprint density at radius 3 is 2.29 bits per heavy atom. The summed E-state index contributed by atoms with van der Waals surface area (Å²) in [7, 11) is -4.47. The van der Waals surface area contributed by atoms with E-state index in [-0.39, 0.29) is 15.5 Å². The third kappa shape index (κ3) is 4.18. The molecule has 0 fully saturated rings. The number of ether oxygens (including phenoxy) is 1. The van der Waals surface area contributed by atoms with E-state index in [0.29, 0.717) is 6.54 Å². The van der Waals surface area contributed by atoms with Crippen LogP contribution in [0.25, 0.3) is 0 Å². The number of rotatable bonds is 7. The van der Waals surface area contributed by atoms with Crippen LogP contribution >= 0.6 is 0 Å². The van der Waals surface area contributed by atoms with Crippen molar-refractivity contribution in [2.45, 2.75) is 29.6 Å². The van der Waals surface area contributed by atoms with Crippen LogP contribution in [0, 0.1) is 0 Å². The number of sulfone groups is 1. The van der Waals surface area contributed by atoms with E-state index in [1.165, 1.54) is 30.6 Å². The Kier molecular flexibility index (Phi) is 5.77. The summed E-state index contributed by atoms with van der Waals surface area (Å²) in [6, 6.07) is 3.84. The Morgan fingerprint density at radius 1 is 1.19 bits per heavy atom. The Hall–Kier alpha value is -1.12. The van der Waals surface area contributed by atoms with Crippen LogP contribution in [-0.4, -0.2) is 48.1 Å². The lowest BCUT2D eigenvalue weighted by Crippen LogP contribution is -2.28. The zero-order valence-electron chi connectivity index (χ0n) is 12.7. The van der Waals surface area contributed by atoms with Gasteiger partial charge in [-0.05, 0) is 24.6 Å². The molecule has 0 bridgehead atoms. The molecule has 120 valence electrons. The first kappa shape index (κ1) is 17.9. The molecule has 21 heavy (non-hydrogen) atoms. The molecule has 0 amide bonds. The lowest BCUT2D eigenvalue weighted by atomic mass is 10.3. The van der Waals surface area contributed by atoms with Crippen molar-refractivity contribution in [2.24, 2.45) is 0 Å². The fourth-order valence-electron chi connectivity index (χ4n) is 1.76. The topological polar surface area (TPSA) is 80.8 Å². The van der Waals surface area contributed by atoms with Gasteiger partial charge >= 0.3 is 0 Å². The summed E-state index contributed by atoms with van der Waals surface area (Å²) < 4.78 is 54.6. The van der Waals surface area contributed by atoms with Crippen LogP contribution in [0.5, 0.6) is 5.75 Å². The van der Waals surface area contributed by atoms with E-state index in [0.717, 1.165) is 25.2 Å². The molecule has 8 heteroatoms. The van der Waals surface area contributed by atoms with E-state index in [2.05, 4.69) is 0 Å². The molecule has 0 saturated heterocycles. The number of hydrogen-bond donors (Lipinski definition) is 0. The summed E-state index contributed by atoms with van der Waals surface area (Å²) in [4.78, 5) is -0.183. The van der Waals surface area contributed by atoms with Gasteiger partial charge in [-0.15, -0.1) is 0 Å². The monoisotopic (exact) mass is 335 g/mol. The summed E-state index contributed by atoms with van der Waals surface area (Å²) in [6.07, 6.45) is 2.62. The summed E-state index contributed by atoms with van der Waals surface area (Å²) in [5.41, 5.74) is 0. The highest BCUT2D eigenvalue weighted by Gasteiger charge is 2.26. The van der Waals surface area contributed by atoms with E-state index >= 15 is 0 Å². The van der Waals surface area contributed by atoms with Crippen LogP contribution < -0.4 is 4.74 Å². The van der Waals surface area contributed by atoms with Crippen LogP contribution in [-0.2, 0) is 19.9 Å². The smallest absolute Gasteiger partial charge is 0.246 e. The highest BCUT2D eigenvalue weighted by Crippen LogP contribution is 2.29. The van der Waals surface area contributed by atoms with Crippen molar-refractivity contribution in [2.75, 3.05) is 27.0 Å². The van der Waals surface area contributed by atoms with Crippen molar-refractivity contribution in [1.29, 1.82) is 0 Å². The molecule has 0 aliphatic heterocycles. The summed E-state index contributed by atoms with van der Waals surface area (Å²) >= 11 is 0. The fraction of sp³-hybridized carbons (Fsp3) is 0.538. The molecule has 0 radical (unpaired) electrons. The predicted octanol–water partition coefficient (Wildman–Crippen LogP) is 1.52. The molecule has 0 spiro atoms. The van der Waals surface area contributed by atoms with Gasteiger partial charge in [0.15, 0.2) is 9.84 Å². The minimum Gasteiger partial charge on any atom is -0.495 e. The molecular formula is C13H21NO5S2. The van der Waals surface area contributed by atoms with E-state index in [1.807, 2.05) is 6.92 Å². The average molecular weight is 335 g/mol. The van der Waals surface area contributed by atoms with Gasteiger partial charge in [-0.3, -0.25) is 0 Å². The van der Waals surface area contributed by atoms with E-state index in [9.17, 15) is 16.8 Å². The molecule has 0 unspecified atom stereocenters. The molecule has 6 nitrogen and oxygen atoms in total. The first-order chi connectivity index (χ1) is 9.64. The van der Waals surface area contributed by atoms with Gasteiger partial charge in [-0.25, -0.2) is 21.1 Å². The molecule has 0 aromatic heterocycles. The van der Waals surface area contributed by atoms with Crippen LogP contribution in [0.2, 0.25) is 0 Å². The highest BCUT2D eigenvalue weighted by atomic mass is 32.2. The second kappa shape index (κ2) is 6.76. The second-order valence-electron chi connectivity index (χ2n) is 4.76. The number of methoxy groups -OCH3 is 1. The maximum absolute atomic E-state index is 12.5. The molecule has 0 aliphatic carbocycles. The normalized spacial score (nSPS) is 12.6. The molecule has 0 heterocycles. The number of unbranched alkanes of at least 4 members (excludes halogenated alkanes) is 1. The second-order valence-corrected chi connectivity index (χ2v) is 8.79. The van der Waals surface area contributed by atoms with Gasteiger partial charge in [0.25, 0.3) is 0 Å². The number of benzene rings is 1. The fourth-order valence-corrected chi connectivity index (χ4v) is 3.87. The van der Waals surface area contributed by atoms with Crippen molar-refractivity contribution in [3.05, 3.63) is 18.2 Å². The highest BCUT2D eigenvalue weighted by molar-refractivity contribution is 7.91. The van der Waals surface area contributed by atoms with Crippen LogP contribution in [0.4, 0.5) is 0 Å². The zero-order chi connectivity index (χ0) is 16.3. The molecule has 1 rings (SSSR count). The minimum absolute atomic E-state index is 0.0502. The van der Waals surface area contributed by atoms with Crippen molar-refractivity contribution in [1.82, 2.24) is 4.31 Å². The van der Waals surface area contributed by atoms with Gasteiger partial charge in [0.05, 0.1) is 12.0 Å². The van der Waals surface area contributed by atoms with Gasteiger partial charge < -0.3 is 4.74 Å². The maximum atomic E-state index is 12.5. The lowest BCUT2D eigenvalue weighted by Gasteiger charge is -2.19. The summed E-state index contributed by atoms with van der Waals surface area (Å²) in [6.45, 7) is 2.33. The Bertz CT molecular complexity index is 695. The van der Waals surface area contributed by atoms with Crippen molar-refractivity contribution >= 4 is 19.9 Å². The third-order valence-electron chi connectivity index (χ3n) is 3.08. The Balaban J connectivity index is 3.39. The summed E-state index contributed by atoms with van der Waals surface area (Å²) in [5.74, 6) is 0.130. The number of sulfonamides is 1. The minimum atomic E-state index is -3.79. The largest absolute Gasteiger partial charge is 0.495 e. The predicted molar refractivity (Wildman–Crippen MR) is 80.8 cm³/mol. The van der Waals surface area contributed by atoms with Crippen molar-refractivity contribution < 1.29 is 21.6 Å². The van der Waals surface area contributed by atoms with Crippen LogP contribution in [0.1, 0.15) is 19.8 Å². The average Bonchev–Trinajstić information content (AvgIpc) is 2.42.